The summed E-state index contributed by atoms with van der Waals surface area (Å²) < 4.78 is 0. The Morgan fingerprint density at radius 3 is 2.81 bits per heavy atom. The average Bonchev–Trinajstić information content (AvgIpc) is 2.33. The van der Waals surface area contributed by atoms with Gasteiger partial charge in [-0.3, -0.25) is 4.79 Å². The van der Waals surface area contributed by atoms with Crippen LogP contribution in [-0.2, 0) is 4.79 Å². The number of likely N-dealkylation sites (N-methyl/N-ethyl adjacent to an activating group) is 1. The summed E-state index contributed by atoms with van der Waals surface area (Å²) in [5, 5.41) is 3.13. The number of amides is 1. The Labute approximate surface area is 102 Å². The summed E-state index contributed by atoms with van der Waals surface area (Å²) in [7, 11) is 1.89. The Hall–Kier alpha value is -0.220. The number of hydrogen-bond acceptors (Lipinski definition) is 3. The molecule has 92 valence electrons. The fourth-order valence-electron chi connectivity index (χ4n) is 2.63. The third-order valence-electron chi connectivity index (χ3n) is 3.70. The largest absolute Gasteiger partial charge is 0.341 e. The molecule has 1 N–H and O–H groups in total. The number of thioether (sulfide) groups is 1. The Bertz CT molecular complexity index is 241. The van der Waals surface area contributed by atoms with Gasteiger partial charge in [-0.1, -0.05) is 0 Å². The summed E-state index contributed by atoms with van der Waals surface area (Å²) in [6, 6.07) is 0.0757. The first kappa shape index (κ1) is 12.2. The zero-order chi connectivity index (χ0) is 11.4. The zero-order valence-corrected chi connectivity index (χ0v) is 10.9. The van der Waals surface area contributed by atoms with Crippen LogP contribution in [0.4, 0.5) is 0 Å². The minimum atomic E-state index is 0.0757. The molecule has 0 radical (unpaired) electrons. The van der Waals surface area contributed by atoms with Crippen LogP contribution in [0.3, 0.4) is 0 Å². The van der Waals surface area contributed by atoms with Crippen LogP contribution in [0.25, 0.3) is 0 Å². The smallest absolute Gasteiger partial charge is 0.239 e. The number of carbonyl (C=O) groups excluding carboxylic acids is 1. The minimum Gasteiger partial charge on any atom is -0.341 e. The molecule has 2 fully saturated rings. The van der Waals surface area contributed by atoms with Gasteiger partial charge in [0.2, 0.25) is 5.91 Å². The van der Waals surface area contributed by atoms with Crippen molar-refractivity contribution in [3.8, 4) is 0 Å². The number of piperidine rings is 1. The Kier molecular flexibility index (Phi) is 4.53. The Morgan fingerprint density at radius 2 is 2.12 bits per heavy atom. The average molecular weight is 242 g/mol. The van der Waals surface area contributed by atoms with Gasteiger partial charge >= 0.3 is 0 Å². The second-order valence-corrected chi connectivity index (χ2v) is 6.05. The van der Waals surface area contributed by atoms with E-state index in [-0.39, 0.29) is 6.04 Å². The van der Waals surface area contributed by atoms with Crippen molar-refractivity contribution in [2.75, 3.05) is 31.6 Å². The normalized spacial score (nSPS) is 28.4. The lowest BCUT2D eigenvalue weighted by atomic mass is 9.99. The molecule has 2 saturated heterocycles. The SMILES string of the molecule is CNC1CCCN(CC2CCSCC2)C1=O. The van der Waals surface area contributed by atoms with Crippen LogP contribution in [0.5, 0.6) is 0 Å². The number of carbonyl (C=O) groups is 1. The molecule has 2 aliphatic rings. The second-order valence-electron chi connectivity index (χ2n) is 4.82. The molecule has 0 aliphatic carbocycles. The second kappa shape index (κ2) is 5.92. The van der Waals surface area contributed by atoms with Crippen LogP contribution in [-0.4, -0.2) is 48.5 Å². The topological polar surface area (TPSA) is 32.3 Å². The van der Waals surface area contributed by atoms with Crippen LogP contribution in [0, 0.1) is 5.92 Å². The summed E-state index contributed by atoms with van der Waals surface area (Å²) in [5.74, 6) is 3.64. The summed E-state index contributed by atoms with van der Waals surface area (Å²) in [5.41, 5.74) is 0. The maximum Gasteiger partial charge on any atom is 0.239 e. The molecule has 1 unspecified atom stereocenters. The number of likely N-dealkylation sites (tertiary alicyclic amines) is 1. The summed E-state index contributed by atoms with van der Waals surface area (Å²) >= 11 is 2.05. The highest BCUT2D eigenvalue weighted by Gasteiger charge is 2.29. The zero-order valence-electron chi connectivity index (χ0n) is 10.1. The van der Waals surface area contributed by atoms with Gasteiger partial charge in [-0.25, -0.2) is 0 Å². The molecule has 0 aromatic rings. The molecular formula is C12H22N2OS. The van der Waals surface area contributed by atoms with E-state index in [1.165, 1.54) is 24.3 Å². The lowest BCUT2D eigenvalue weighted by Crippen LogP contribution is -2.51. The first-order valence-electron chi connectivity index (χ1n) is 6.35. The van der Waals surface area contributed by atoms with Gasteiger partial charge in [0, 0.05) is 13.1 Å². The molecule has 0 bridgehead atoms. The van der Waals surface area contributed by atoms with Crippen molar-refractivity contribution in [2.45, 2.75) is 31.7 Å². The lowest BCUT2D eigenvalue weighted by Gasteiger charge is -2.35. The van der Waals surface area contributed by atoms with Crippen LogP contribution < -0.4 is 5.32 Å². The molecule has 2 heterocycles. The van der Waals surface area contributed by atoms with E-state index in [2.05, 4.69) is 22.0 Å². The van der Waals surface area contributed by atoms with Crippen molar-refractivity contribution in [1.29, 1.82) is 0 Å². The van der Waals surface area contributed by atoms with Gasteiger partial charge < -0.3 is 10.2 Å². The van der Waals surface area contributed by atoms with Gasteiger partial charge in [0.25, 0.3) is 0 Å². The molecular weight excluding hydrogens is 220 g/mol. The molecule has 0 saturated carbocycles. The Balaban J connectivity index is 1.85. The standard InChI is InChI=1S/C12H22N2OS/c1-13-11-3-2-6-14(12(11)15)9-10-4-7-16-8-5-10/h10-11,13H,2-9H2,1H3. The van der Waals surface area contributed by atoms with Crippen LogP contribution in [0.2, 0.25) is 0 Å². The quantitative estimate of drug-likeness (QED) is 0.810. The molecule has 0 aromatic heterocycles. The van der Waals surface area contributed by atoms with Gasteiger partial charge in [0.15, 0.2) is 0 Å². The molecule has 2 rings (SSSR count). The highest BCUT2D eigenvalue weighted by molar-refractivity contribution is 7.99. The summed E-state index contributed by atoms with van der Waals surface area (Å²) in [6.07, 6.45) is 4.74. The van der Waals surface area contributed by atoms with E-state index in [0.29, 0.717) is 5.91 Å². The molecule has 2 aliphatic heterocycles. The van der Waals surface area contributed by atoms with E-state index < -0.39 is 0 Å². The third kappa shape index (κ3) is 2.92. The molecule has 16 heavy (non-hydrogen) atoms. The number of nitrogens with one attached hydrogen (secondary N) is 1. The van der Waals surface area contributed by atoms with Gasteiger partial charge in [-0.05, 0) is 50.2 Å². The van der Waals surface area contributed by atoms with E-state index >= 15 is 0 Å². The minimum absolute atomic E-state index is 0.0757. The summed E-state index contributed by atoms with van der Waals surface area (Å²) in [6.45, 7) is 1.97. The Morgan fingerprint density at radius 1 is 1.38 bits per heavy atom. The van der Waals surface area contributed by atoms with Crippen molar-refractivity contribution in [3.63, 3.8) is 0 Å². The van der Waals surface area contributed by atoms with Crippen LogP contribution >= 0.6 is 11.8 Å². The summed E-state index contributed by atoms with van der Waals surface area (Å²) in [4.78, 5) is 14.2. The van der Waals surface area contributed by atoms with Crippen molar-refractivity contribution in [1.82, 2.24) is 10.2 Å². The monoisotopic (exact) mass is 242 g/mol. The van der Waals surface area contributed by atoms with Crippen LogP contribution in [0.15, 0.2) is 0 Å². The maximum atomic E-state index is 12.1. The van der Waals surface area contributed by atoms with Gasteiger partial charge in [-0.2, -0.15) is 11.8 Å². The predicted octanol–water partition coefficient (Wildman–Crippen LogP) is 1.34. The number of hydrogen-bond donors (Lipinski definition) is 1. The lowest BCUT2D eigenvalue weighted by molar-refractivity contribution is -0.136. The molecule has 1 amide bonds. The van der Waals surface area contributed by atoms with E-state index in [9.17, 15) is 4.79 Å². The van der Waals surface area contributed by atoms with E-state index in [1.54, 1.807) is 0 Å². The number of nitrogens with zero attached hydrogens (tertiary/aromatic N) is 1. The highest BCUT2D eigenvalue weighted by Crippen LogP contribution is 2.24. The van der Waals surface area contributed by atoms with Crippen molar-refractivity contribution >= 4 is 17.7 Å². The van der Waals surface area contributed by atoms with Gasteiger partial charge in [-0.15, -0.1) is 0 Å². The van der Waals surface area contributed by atoms with Gasteiger partial charge in [0.1, 0.15) is 0 Å². The third-order valence-corrected chi connectivity index (χ3v) is 4.75. The van der Waals surface area contributed by atoms with Gasteiger partial charge in [0.05, 0.1) is 6.04 Å². The molecule has 3 nitrogen and oxygen atoms in total. The number of rotatable bonds is 3. The fourth-order valence-corrected chi connectivity index (χ4v) is 3.83. The molecule has 0 aromatic carbocycles. The highest BCUT2D eigenvalue weighted by atomic mass is 32.2. The molecule has 0 spiro atoms. The van der Waals surface area contributed by atoms with Crippen molar-refractivity contribution in [2.24, 2.45) is 5.92 Å². The first-order valence-corrected chi connectivity index (χ1v) is 7.50. The van der Waals surface area contributed by atoms with Crippen molar-refractivity contribution < 1.29 is 4.79 Å². The predicted molar refractivity (Wildman–Crippen MR) is 68.7 cm³/mol. The maximum absolute atomic E-state index is 12.1. The molecule has 4 heteroatoms. The van der Waals surface area contributed by atoms with Crippen LogP contribution in [0.1, 0.15) is 25.7 Å². The fraction of sp³-hybridized carbons (Fsp3) is 0.917. The first-order chi connectivity index (χ1) is 7.81. The van der Waals surface area contributed by atoms with E-state index in [4.69, 9.17) is 0 Å². The van der Waals surface area contributed by atoms with E-state index in [0.717, 1.165) is 31.8 Å². The molecule has 1 atom stereocenters. The van der Waals surface area contributed by atoms with E-state index in [1.807, 2.05) is 7.05 Å². The van der Waals surface area contributed by atoms with Crippen molar-refractivity contribution in [3.05, 3.63) is 0 Å².